The molecule has 1 heterocycles. The van der Waals surface area contributed by atoms with Crippen LogP contribution in [0.25, 0.3) is 0 Å². The molecule has 0 spiro atoms. The van der Waals surface area contributed by atoms with Crippen LogP contribution in [0.3, 0.4) is 0 Å². The van der Waals surface area contributed by atoms with Gasteiger partial charge in [-0.3, -0.25) is 9.29 Å². The van der Waals surface area contributed by atoms with Crippen LogP contribution < -0.4 is 10.2 Å². The molecule has 1 radical (unpaired) electrons. The highest BCUT2D eigenvalue weighted by molar-refractivity contribution is 6.47. The molecule has 6 heteroatoms. The fourth-order valence-electron chi connectivity index (χ4n) is 2.56. The van der Waals surface area contributed by atoms with Gasteiger partial charge in [0.1, 0.15) is 11.9 Å². The first-order valence-electron chi connectivity index (χ1n) is 9.00. The van der Waals surface area contributed by atoms with Gasteiger partial charge >= 0.3 is 7.48 Å². The van der Waals surface area contributed by atoms with Gasteiger partial charge < -0.3 is 14.5 Å². The molecule has 4 nitrogen and oxygen atoms in total. The largest absolute Gasteiger partial charge is 0.489 e. The van der Waals surface area contributed by atoms with Crippen LogP contribution in [-0.4, -0.2) is 61.1 Å². The second-order valence-corrected chi connectivity index (χ2v) is 7.75. The van der Waals surface area contributed by atoms with Crippen molar-refractivity contribution in [3.63, 3.8) is 0 Å². The van der Waals surface area contributed by atoms with Gasteiger partial charge in [0.05, 0.1) is 17.9 Å². The highest BCUT2D eigenvalue weighted by Gasteiger charge is 2.35. The number of ether oxygens (including phenoxy) is 1. The van der Waals surface area contributed by atoms with Gasteiger partial charge in [-0.1, -0.05) is 17.6 Å². The molecule has 0 aromatic heterocycles. The molecule has 1 N–H and O–H groups in total. The number of halogens is 1. The minimum atomic E-state index is -0.941. The molecular formula is C19H30BFNO3. The molecule has 1 saturated heterocycles. The van der Waals surface area contributed by atoms with E-state index in [1.54, 1.807) is 21.3 Å². The van der Waals surface area contributed by atoms with E-state index < -0.39 is 11.2 Å². The van der Waals surface area contributed by atoms with Crippen molar-refractivity contribution in [3.05, 3.63) is 24.3 Å². The Morgan fingerprint density at radius 3 is 2.52 bits per heavy atom. The molecule has 1 aliphatic heterocycles. The summed E-state index contributed by atoms with van der Waals surface area (Å²) in [6, 6.07) is 7.73. The molecule has 2 rings (SSSR count). The van der Waals surface area contributed by atoms with Crippen molar-refractivity contribution < 1.29 is 18.9 Å². The fourth-order valence-corrected chi connectivity index (χ4v) is 2.56. The molecule has 1 aromatic carbocycles. The van der Waals surface area contributed by atoms with Crippen LogP contribution in [0.2, 0.25) is 0 Å². The van der Waals surface area contributed by atoms with Crippen LogP contribution in [0.15, 0.2) is 24.3 Å². The van der Waals surface area contributed by atoms with E-state index in [-0.39, 0.29) is 12.8 Å². The number of benzene rings is 1. The summed E-state index contributed by atoms with van der Waals surface area (Å²) in [4.78, 5) is 2.25. The summed E-state index contributed by atoms with van der Waals surface area (Å²) >= 11 is 0. The van der Waals surface area contributed by atoms with Crippen molar-refractivity contribution in [1.29, 1.82) is 0 Å². The fraction of sp³-hybridized carbons (Fsp3) is 0.684. The summed E-state index contributed by atoms with van der Waals surface area (Å²) in [5.74, 6) is 0.830. The molecule has 0 amide bonds. The summed E-state index contributed by atoms with van der Waals surface area (Å²) in [6.07, 6.45) is 1.74. The zero-order chi connectivity index (χ0) is 18.5. The summed E-state index contributed by atoms with van der Waals surface area (Å²) < 4.78 is 24.0. The predicted octanol–water partition coefficient (Wildman–Crippen LogP) is 2.31. The lowest BCUT2D eigenvalue weighted by Gasteiger charge is -2.37. The topological polar surface area (TPSA) is 41.9 Å². The van der Waals surface area contributed by atoms with E-state index >= 15 is 0 Å². The van der Waals surface area contributed by atoms with Gasteiger partial charge in [-0.25, -0.2) is 0 Å². The SMILES string of the molecule is CC(C)(O)C(C)(C)O[B]c1ccc(OC2CCN(CCCF)C2)cc1. The number of hydrogen-bond donors (Lipinski definition) is 1. The zero-order valence-electron chi connectivity index (χ0n) is 15.8. The second-order valence-electron chi connectivity index (χ2n) is 7.75. The van der Waals surface area contributed by atoms with Crippen molar-refractivity contribution in [2.75, 3.05) is 26.3 Å². The van der Waals surface area contributed by atoms with Gasteiger partial charge in [-0.15, -0.1) is 0 Å². The predicted molar refractivity (Wildman–Crippen MR) is 99.4 cm³/mol. The highest BCUT2D eigenvalue weighted by atomic mass is 19.1. The summed E-state index contributed by atoms with van der Waals surface area (Å²) in [7, 11) is 1.66. The first kappa shape index (κ1) is 20.2. The van der Waals surface area contributed by atoms with E-state index in [0.717, 1.165) is 37.3 Å². The molecule has 139 valence electrons. The van der Waals surface area contributed by atoms with Gasteiger partial charge in [0.25, 0.3) is 0 Å². The second kappa shape index (κ2) is 8.52. The first-order chi connectivity index (χ1) is 11.7. The Bertz CT molecular complexity index is 530. The van der Waals surface area contributed by atoms with E-state index in [4.69, 9.17) is 9.39 Å². The lowest BCUT2D eigenvalue weighted by atomic mass is 9.82. The average molecular weight is 350 g/mol. The standard InChI is InChI=1S/C19H30BFNO3/c1-18(2,23)19(3,4)25-20-15-6-8-16(9-7-15)24-17-10-13-22(14-17)12-5-11-21/h6-9,17,23H,5,10-14H2,1-4H3. The maximum Gasteiger partial charge on any atom is 0.330 e. The molecule has 0 bridgehead atoms. The van der Waals surface area contributed by atoms with Crippen molar-refractivity contribution in [2.24, 2.45) is 0 Å². The Morgan fingerprint density at radius 2 is 1.92 bits per heavy atom. The quantitative estimate of drug-likeness (QED) is 0.694. The smallest absolute Gasteiger partial charge is 0.330 e. The Labute approximate surface area is 151 Å². The number of hydrogen-bond acceptors (Lipinski definition) is 4. The van der Waals surface area contributed by atoms with E-state index in [1.165, 1.54) is 0 Å². The highest BCUT2D eigenvalue weighted by Crippen LogP contribution is 2.24. The summed E-state index contributed by atoms with van der Waals surface area (Å²) in [6.45, 7) is 9.55. The molecule has 0 aliphatic carbocycles. The average Bonchev–Trinajstić information content (AvgIpc) is 2.98. The van der Waals surface area contributed by atoms with Crippen LogP contribution in [0.4, 0.5) is 4.39 Å². The van der Waals surface area contributed by atoms with Gasteiger partial charge in [0.15, 0.2) is 0 Å². The monoisotopic (exact) mass is 350 g/mol. The minimum absolute atomic E-state index is 0.166. The van der Waals surface area contributed by atoms with Gasteiger partial charge in [0.2, 0.25) is 0 Å². The zero-order valence-corrected chi connectivity index (χ0v) is 15.8. The summed E-state index contributed by atoms with van der Waals surface area (Å²) in [5, 5.41) is 10.1. The van der Waals surface area contributed by atoms with Crippen LogP contribution in [-0.2, 0) is 4.65 Å². The van der Waals surface area contributed by atoms with Crippen molar-refractivity contribution in [3.8, 4) is 5.75 Å². The lowest BCUT2D eigenvalue weighted by Crippen LogP contribution is -2.49. The Kier molecular flexibility index (Phi) is 6.89. The molecule has 1 aliphatic rings. The van der Waals surface area contributed by atoms with Crippen LogP contribution >= 0.6 is 0 Å². The van der Waals surface area contributed by atoms with E-state index in [0.29, 0.717) is 6.42 Å². The lowest BCUT2D eigenvalue weighted by molar-refractivity contribution is -0.0893. The van der Waals surface area contributed by atoms with E-state index in [1.807, 2.05) is 38.1 Å². The Hall–Kier alpha value is -1.11. The summed E-state index contributed by atoms with van der Waals surface area (Å²) in [5.41, 5.74) is -0.710. The molecule has 1 aromatic rings. The number of aliphatic hydroxyl groups is 1. The van der Waals surface area contributed by atoms with Gasteiger partial charge in [-0.05, 0) is 52.7 Å². The minimum Gasteiger partial charge on any atom is -0.489 e. The number of rotatable bonds is 9. The number of alkyl halides is 1. The van der Waals surface area contributed by atoms with Crippen molar-refractivity contribution >= 4 is 12.9 Å². The normalized spacial score (nSPS) is 19.2. The van der Waals surface area contributed by atoms with Gasteiger partial charge in [-0.2, -0.15) is 0 Å². The number of likely N-dealkylation sites (tertiary alicyclic amines) is 1. The molecule has 1 atom stereocenters. The van der Waals surface area contributed by atoms with Crippen molar-refractivity contribution in [1.82, 2.24) is 4.90 Å². The number of nitrogens with zero attached hydrogens (tertiary/aromatic N) is 1. The third kappa shape index (κ3) is 5.98. The third-order valence-electron chi connectivity index (χ3n) is 4.98. The van der Waals surface area contributed by atoms with Gasteiger partial charge in [0, 0.05) is 19.6 Å². The molecule has 0 saturated carbocycles. The van der Waals surface area contributed by atoms with Crippen molar-refractivity contribution in [2.45, 2.75) is 57.8 Å². The van der Waals surface area contributed by atoms with E-state index in [9.17, 15) is 9.50 Å². The van der Waals surface area contributed by atoms with E-state index in [2.05, 4.69) is 4.90 Å². The molecule has 1 unspecified atom stereocenters. The Balaban J connectivity index is 1.80. The molecular weight excluding hydrogens is 320 g/mol. The first-order valence-corrected chi connectivity index (χ1v) is 9.00. The van der Waals surface area contributed by atoms with Crippen LogP contribution in [0.1, 0.15) is 40.5 Å². The van der Waals surface area contributed by atoms with Crippen LogP contribution in [0, 0.1) is 0 Å². The maximum absolute atomic E-state index is 12.2. The molecule has 25 heavy (non-hydrogen) atoms. The van der Waals surface area contributed by atoms with Crippen LogP contribution in [0.5, 0.6) is 5.75 Å². The Morgan fingerprint density at radius 1 is 1.24 bits per heavy atom. The third-order valence-corrected chi connectivity index (χ3v) is 4.98. The molecule has 1 fully saturated rings. The maximum atomic E-state index is 12.2.